The number of rotatable bonds is 5. The molecule has 0 aliphatic carbocycles. The van der Waals surface area contributed by atoms with E-state index in [0.29, 0.717) is 17.8 Å². The van der Waals surface area contributed by atoms with Gasteiger partial charge < -0.3 is 19.2 Å². The molecule has 118 valence electrons. The Balaban J connectivity index is 1.72. The number of carbonyl (C=O) groups is 1. The first-order valence-corrected chi connectivity index (χ1v) is 7.38. The fourth-order valence-electron chi connectivity index (χ4n) is 2.59. The zero-order valence-electron chi connectivity index (χ0n) is 12.8. The summed E-state index contributed by atoms with van der Waals surface area (Å²) in [6.45, 7) is 0.447. The van der Waals surface area contributed by atoms with E-state index in [4.69, 9.17) is 9.39 Å². The maximum atomic E-state index is 11.4. The lowest BCUT2D eigenvalue weighted by Crippen LogP contribution is -2.28. The molecule has 1 atom stereocenters. The van der Waals surface area contributed by atoms with Crippen LogP contribution in [0.2, 0.25) is 0 Å². The first-order valence-electron chi connectivity index (χ1n) is 7.38. The highest BCUT2D eigenvalue weighted by molar-refractivity contribution is 6.61. The Bertz CT molecular complexity index is 689. The molecular weight excluding hydrogens is 295 g/mol. The van der Waals surface area contributed by atoms with E-state index in [2.05, 4.69) is 4.74 Å². The van der Waals surface area contributed by atoms with Crippen LogP contribution < -0.4 is 10.2 Å². The summed E-state index contributed by atoms with van der Waals surface area (Å²) < 4.78 is 15.8. The number of ether oxygens (including phenoxy) is 2. The second-order valence-electron chi connectivity index (χ2n) is 5.32. The lowest BCUT2D eigenvalue weighted by atomic mass is 9.79. The van der Waals surface area contributed by atoms with E-state index in [1.807, 2.05) is 42.5 Å². The minimum absolute atomic E-state index is 0.0742. The molecule has 0 aromatic heterocycles. The maximum Gasteiger partial charge on any atom is 0.492 e. The van der Waals surface area contributed by atoms with Gasteiger partial charge in [-0.1, -0.05) is 36.4 Å². The van der Waals surface area contributed by atoms with E-state index in [1.54, 1.807) is 6.07 Å². The van der Waals surface area contributed by atoms with Gasteiger partial charge in [-0.25, -0.2) is 0 Å². The second kappa shape index (κ2) is 6.85. The van der Waals surface area contributed by atoms with Crippen molar-refractivity contribution in [3.05, 3.63) is 59.7 Å². The van der Waals surface area contributed by atoms with Crippen LogP contribution in [-0.4, -0.2) is 25.2 Å². The minimum atomic E-state index is -1.06. The molecule has 6 heteroatoms. The van der Waals surface area contributed by atoms with Crippen molar-refractivity contribution in [3.8, 4) is 5.75 Å². The summed E-state index contributed by atoms with van der Waals surface area (Å²) in [4.78, 5) is 11.4. The molecule has 0 fully saturated rings. The van der Waals surface area contributed by atoms with Gasteiger partial charge in [-0.2, -0.15) is 0 Å². The van der Waals surface area contributed by atoms with E-state index < -0.39 is 13.2 Å². The van der Waals surface area contributed by atoms with Crippen LogP contribution in [0.15, 0.2) is 48.5 Å². The van der Waals surface area contributed by atoms with Crippen LogP contribution in [0, 0.1) is 0 Å². The number of hydrogen-bond donors (Lipinski definition) is 1. The molecular formula is C17H17BO5. The summed E-state index contributed by atoms with van der Waals surface area (Å²) in [6.07, 6.45) is -0.416. The highest BCUT2D eigenvalue weighted by atomic mass is 16.5. The summed E-state index contributed by atoms with van der Waals surface area (Å²) in [7, 11) is 0.273. The Hall–Kier alpha value is -2.31. The number of fused-ring (bicyclic) bond motifs is 1. The summed E-state index contributed by atoms with van der Waals surface area (Å²) in [6, 6.07) is 15.2. The first-order chi connectivity index (χ1) is 11.2. The van der Waals surface area contributed by atoms with Gasteiger partial charge in [0.15, 0.2) is 0 Å². The van der Waals surface area contributed by atoms with Gasteiger partial charge in [0.2, 0.25) is 0 Å². The van der Waals surface area contributed by atoms with E-state index in [0.717, 1.165) is 11.1 Å². The standard InChI is InChI=1S/C17H17BO5/c1-21-17(19)10-16-14-8-7-13(9-15(14)18(20)23-16)22-11-12-5-3-2-4-6-12/h2-9,16,20H,10-11H2,1H3. The fourth-order valence-corrected chi connectivity index (χ4v) is 2.59. The smallest absolute Gasteiger partial charge is 0.489 e. The molecule has 5 nitrogen and oxygen atoms in total. The Labute approximate surface area is 134 Å². The SMILES string of the molecule is COC(=O)CC1OB(O)c2cc(OCc3ccccc3)ccc21. The second-order valence-corrected chi connectivity index (χ2v) is 5.32. The lowest BCUT2D eigenvalue weighted by molar-refractivity contribution is -0.142. The molecule has 0 amide bonds. The maximum absolute atomic E-state index is 11.4. The number of benzene rings is 2. The highest BCUT2D eigenvalue weighted by Crippen LogP contribution is 2.29. The Morgan fingerprint density at radius 1 is 1.26 bits per heavy atom. The molecule has 0 radical (unpaired) electrons. The summed E-state index contributed by atoms with van der Waals surface area (Å²) in [5, 5.41) is 10.0. The van der Waals surface area contributed by atoms with Crippen LogP contribution in [0.4, 0.5) is 0 Å². The molecule has 0 saturated heterocycles. The van der Waals surface area contributed by atoms with Crippen LogP contribution in [0.25, 0.3) is 0 Å². The predicted octanol–water partition coefficient (Wildman–Crippen LogP) is 1.59. The largest absolute Gasteiger partial charge is 0.492 e. The van der Waals surface area contributed by atoms with Crippen molar-refractivity contribution in [3.63, 3.8) is 0 Å². The topological polar surface area (TPSA) is 65.0 Å². The molecule has 1 unspecified atom stereocenters. The molecule has 1 N–H and O–H groups in total. The van der Waals surface area contributed by atoms with Crippen molar-refractivity contribution < 1.29 is 23.9 Å². The zero-order valence-corrected chi connectivity index (χ0v) is 12.8. The van der Waals surface area contributed by atoms with Crippen molar-refractivity contribution in [2.45, 2.75) is 19.1 Å². The van der Waals surface area contributed by atoms with Crippen LogP contribution in [0.3, 0.4) is 0 Å². The van der Waals surface area contributed by atoms with E-state index in [9.17, 15) is 9.82 Å². The van der Waals surface area contributed by atoms with Crippen molar-refractivity contribution in [1.29, 1.82) is 0 Å². The number of hydrogen-bond acceptors (Lipinski definition) is 5. The van der Waals surface area contributed by atoms with Gasteiger partial charge in [0, 0.05) is 0 Å². The molecule has 3 rings (SSSR count). The van der Waals surface area contributed by atoms with Crippen molar-refractivity contribution in [2.24, 2.45) is 0 Å². The van der Waals surface area contributed by atoms with Gasteiger partial charge in [0.1, 0.15) is 12.4 Å². The summed E-state index contributed by atoms with van der Waals surface area (Å²) >= 11 is 0. The predicted molar refractivity (Wildman–Crippen MR) is 85.3 cm³/mol. The average Bonchev–Trinajstić information content (AvgIpc) is 2.89. The number of methoxy groups -OCH3 is 1. The molecule has 1 heterocycles. The van der Waals surface area contributed by atoms with Gasteiger partial charge in [0.25, 0.3) is 0 Å². The number of esters is 1. The molecule has 1 aliphatic heterocycles. The van der Waals surface area contributed by atoms with E-state index in [1.165, 1.54) is 7.11 Å². The Kier molecular flexibility index (Phi) is 4.64. The molecule has 2 aromatic carbocycles. The van der Waals surface area contributed by atoms with Gasteiger partial charge in [-0.15, -0.1) is 0 Å². The van der Waals surface area contributed by atoms with Gasteiger partial charge in [0.05, 0.1) is 19.6 Å². The van der Waals surface area contributed by atoms with Crippen LogP contribution >= 0.6 is 0 Å². The van der Waals surface area contributed by atoms with E-state index >= 15 is 0 Å². The third-order valence-corrected chi connectivity index (χ3v) is 3.79. The summed E-state index contributed by atoms with van der Waals surface area (Å²) in [5.41, 5.74) is 2.48. The summed E-state index contributed by atoms with van der Waals surface area (Å²) in [5.74, 6) is 0.272. The van der Waals surface area contributed by atoms with Gasteiger partial charge in [-0.05, 0) is 28.7 Å². The Morgan fingerprint density at radius 2 is 2.04 bits per heavy atom. The third-order valence-electron chi connectivity index (χ3n) is 3.79. The molecule has 1 aliphatic rings. The lowest BCUT2D eigenvalue weighted by Gasteiger charge is -2.11. The fraction of sp³-hybridized carbons (Fsp3) is 0.235. The zero-order chi connectivity index (χ0) is 16.2. The van der Waals surface area contributed by atoms with Gasteiger partial charge in [-0.3, -0.25) is 4.79 Å². The van der Waals surface area contributed by atoms with Crippen molar-refractivity contribution >= 4 is 18.6 Å². The Morgan fingerprint density at radius 3 is 2.78 bits per heavy atom. The van der Waals surface area contributed by atoms with Crippen LogP contribution in [-0.2, 0) is 20.8 Å². The molecule has 0 saturated carbocycles. The highest BCUT2D eigenvalue weighted by Gasteiger charge is 2.36. The van der Waals surface area contributed by atoms with E-state index in [-0.39, 0.29) is 12.4 Å². The molecule has 2 aromatic rings. The van der Waals surface area contributed by atoms with Crippen molar-refractivity contribution in [2.75, 3.05) is 7.11 Å². The first kappa shape index (κ1) is 15.6. The van der Waals surface area contributed by atoms with Crippen LogP contribution in [0.5, 0.6) is 5.75 Å². The quantitative estimate of drug-likeness (QED) is 0.671. The van der Waals surface area contributed by atoms with Gasteiger partial charge >= 0.3 is 13.1 Å². The van der Waals surface area contributed by atoms with Crippen molar-refractivity contribution in [1.82, 2.24) is 0 Å². The minimum Gasteiger partial charge on any atom is -0.489 e. The molecule has 0 bridgehead atoms. The van der Waals surface area contributed by atoms with Crippen LogP contribution in [0.1, 0.15) is 23.7 Å². The monoisotopic (exact) mass is 312 g/mol. The third kappa shape index (κ3) is 3.55. The molecule has 0 spiro atoms. The molecule has 23 heavy (non-hydrogen) atoms. The normalized spacial score (nSPS) is 16.1. The number of carbonyl (C=O) groups excluding carboxylic acids is 1. The average molecular weight is 312 g/mol.